The SMILES string of the molecule is NC(=O)c1ccccc1NC(=O)NC1CC(=O)N(c2ccccc2)C1. The Hall–Kier alpha value is -3.35. The van der Waals surface area contributed by atoms with E-state index in [2.05, 4.69) is 10.6 Å². The van der Waals surface area contributed by atoms with Gasteiger partial charge in [-0.3, -0.25) is 9.59 Å². The molecule has 128 valence electrons. The van der Waals surface area contributed by atoms with Gasteiger partial charge in [0.1, 0.15) is 0 Å². The third-order valence-corrected chi connectivity index (χ3v) is 3.97. The van der Waals surface area contributed by atoms with Crippen molar-refractivity contribution in [1.82, 2.24) is 5.32 Å². The van der Waals surface area contributed by atoms with Gasteiger partial charge in [-0.1, -0.05) is 30.3 Å². The van der Waals surface area contributed by atoms with E-state index in [0.29, 0.717) is 12.2 Å². The number of benzene rings is 2. The lowest BCUT2D eigenvalue weighted by Crippen LogP contribution is -2.40. The summed E-state index contributed by atoms with van der Waals surface area (Å²) in [6, 6.07) is 15.0. The molecule has 25 heavy (non-hydrogen) atoms. The number of carbonyl (C=O) groups is 3. The zero-order chi connectivity index (χ0) is 17.8. The number of hydrogen-bond acceptors (Lipinski definition) is 3. The largest absolute Gasteiger partial charge is 0.366 e. The molecule has 2 aromatic rings. The Morgan fingerprint density at radius 1 is 1.04 bits per heavy atom. The number of amides is 4. The van der Waals surface area contributed by atoms with E-state index < -0.39 is 11.9 Å². The van der Waals surface area contributed by atoms with Crippen molar-refractivity contribution in [2.24, 2.45) is 5.73 Å². The highest BCUT2D eigenvalue weighted by atomic mass is 16.2. The van der Waals surface area contributed by atoms with Crippen LogP contribution in [0.4, 0.5) is 16.2 Å². The van der Waals surface area contributed by atoms with Gasteiger partial charge in [0.05, 0.1) is 17.3 Å². The van der Waals surface area contributed by atoms with Crippen LogP contribution in [0.3, 0.4) is 0 Å². The van der Waals surface area contributed by atoms with Crippen LogP contribution in [0.25, 0.3) is 0 Å². The van der Waals surface area contributed by atoms with E-state index >= 15 is 0 Å². The van der Waals surface area contributed by atoms with Gasteiger partial charge in [-0.2, -0.15) is 0 Å². The van der Waals surface area contributed by atoms with Crippen molar-refractivity contribution in [1.29, 1.82) is 0 Å². The molecule has 0 bridgehead atoms. The summed E-state index contributed by atoms with van der Waals surface area (Å²) in [5, 5.41) is 5.37. The summed E-state index contributed by atoms with van der Waals surface area (Å²) in [6.07, 6.45) is 0.222. The summed E-state index contributed by atoms with van der Waals surface area (Å²) < 4.78 is 0. The molecule has 1 saturated heterocycles. The molecule has 4 N–H and O–H groups in total. The maximum absolute atomic E-state index is 12.2. The van der Waals surface area contributed by atoms with Crippen LogP contribution >= 0.6 is 0 Å². The van der Waals surface area contributed by atoms with Crippen molar-refractivity contribution < 1.29 is 14.4 Å². The van der Waals surface area contributed by atoms with Gasteiger partial charge in [0.2, 0.25) is 5.91 Å². The molecule has 0 aromatic heterocycles. The Bertz CT molecular complexity index is 807. The number of nitrogens with two attached hydrogens (primary N) is 1. The second kappa shape index (κ2) is 7.04. The van der Waals surface area contributed by atoms with Gasteiger partial charge in [-0.05, 0) is 24.3 Å². The minimum atomic E-state index is -0.623. The van der Waals surface area contributed by atoms with Crippen LogP contribution in [0.5, 0.6) is 0 Å². The van der Waals surface area contributed by atoms with Gasteiger partial charge in [-0.25, -0.2) is 4.79 Å². The number of hydrogen-bond donors (Lipinski definition) is 3. The van der Waals surface area contributed by atoms with Gasteiger partial charge >= 0.3 is 6.03 Å². The van der Waals surface area contributed by atoms with Crippen LogP contribution < -0.4 is 21.3 Å². The molecule has 0 radical (unpaired) electrons. The molecule has 1 aliphatic heterocycles. The lowest BCUT2D eigenvalue weighted by atomic mass is 10.1. The third-order valence-electron chi connectivity index (χ3n) is 3.97. The highest BCUT2D eigenvalue weighted by Crippen LogP contribution is 2.21. The van der Waals surface area contributed by atoms with Gasteiger partial charge in [-0.15, -0.1) is 0 Å². The first kappa shape index (κ1) is 16.5. The van der Waals surface area contributed by atoms with Crippen molar-refractivity contribution in [2.45, 2.75) is 12.5 Å². The molecule has 2 aromatic carbocycles. The number of nitrogens with one attached hydrogen (secondary N) is 2. The molecular formula is C18H18N4O3. The zero-order valence-electron chi connectivity index (χ0n) is 13.4. The summed E-state index contributed by atoms with van der Waals surface area (Å²) in [7, 11) is 0. The van der Waals surface area contributed by atoms with E-state index in [1.165, 1.54) is 6.07 Å². The number of anilines is 2. The van der Waals surface area contributed by atoms with Crippen molar-refractivity contribution in [3.8, 4) is 0 Å². The Morgan fingerprint density at radius 3 is 2.44 bits per heavy atom. The number of carbonyl (C=O) groups excluding carboxylic acids is 3. The molecule has 1 aliphatic rings. The van der Waals surface area contributed by atoms with Crippen LogP contribution in [0.1, 0.15) is 16.8 Å². The van der Waals surface area contributed by atoms with Crippen LogP contribution in [0.2, 0.25) is 0 Å². The first-order chi connectivity index (χ1) is 12.0. The molecular weight excluding hydrogens is 320 g/mol. The van der Waals surface area contributed by atoms with Crippen LogP contribution in [0, 0.1) is 0 Å². The van der Waals surface area contributed by atoms with Crippen LogP contribution in [-0.2, 0) is 4.79 Å². The lowest BCUT2D eigenvalue weighted by molar-refractivity contribution is -0.117. The smallest absolute Gasteiger partial charge is 0.319 e. The second-order valence-corrected chi connectivity index (χ2v) is 5.75. The molecule has 3 rings (SSSR count). The average molecular weight is 338 g/mol. The monoisotopic (exact) mass is 338 g/mol. The highest BCUT2D eigenvalue weighted by molar-refractivity contribution is 6.03. The molecule has 0 spiro atoms. The normalized spacial score (nSPS) is 16.6. The molecule has 1 fully saturated rings. The Balaban J connectivity index is 1.63. The number of para-hydroxylation sites is 2. The molecule has 1 heterocycles. The molecule has 1 atom stereocenters. The third kappa shape index (κ3) is 3.77. The number of rotatable bonds is 4. The summed E-state index contributed by atoms with van der Waals surface area (Å²) >= 11 is 0. The maximum Gasteiger partial charge on any atom is 0.319 e. The maximum atomic E-state index is 12.2. The van der Waals surface area contributed by atoms with Crippen molar-refractivity contribution >= 4 is 29.2 Å². The standard InChI is InChI=1S/C18H18N4O3/c19-17(24)14-8-4-5-9-15(14)21-18(25)20-12-10-16(23)22(11-12)13-6-2-1-3-7-13/h1-9,12H,10-11H2,(H2,19,24)(H2,20,21,25). The van der Waals surface area contributed by atoms with Crippen molar-refractivity contribution in [3.63, 3.8) is 0 Å². The Kier molecular flexibility index (Phi) is 4.65. The fourth-order valence-corrected chi connectivity index (χ4v) is 2.81. The summed E-state index contributed by atoms with van der Waals surface area (Å²) in [5.41, 5.74) is 6.65. The van der Waals surface area contributed by atoms with Crippen LogP contribution in [-0.4, -0.2) is 30.4 Å². The molecule has 0 aliphatic carbocycles. The quantitative estimate of drug-likeness (QED) is 0.790. The second-order valence-electron chi connectivity index (χ2n) is 5.75. The van der Waals surface area contributed by atoms with Gasteiger partial charge < -0.3 is 21.3 Å². The number of urea groups is 1. The van der Waals surface area contributed by atoms with E-state index in [9.17, 15) is 14.4 Å². The summed E-state index contributed by atoms with van der Waals surface area (Å²) in [5.74, 6) is -0.670. The first-order valence-corrected chi connectivity index (χ1v) is 7.86. The Morgan fingerprint density at radius 2 is 1.72 bits per heavy atom. The zero-order valence-corrected chi connectivity index (χ0v) is 13.4. The minimum Gasteiger partial charge on any atom is -0.366 e. The van der Waals surface area contributed by atoms with E-state index in [4.69, 9.17) is 5.73 Å². The fraction of sp³-hybridized carbons (Fsp3) is 0.167. The highest BCUT2D eigenvalue weighted by Gasteiger charge is 2.31. The molecule has 7 heteroatoms. The van der Waals surface area contributed by atoms with E-state index in [-0.39, 0.29) is 23.9 Å². The van der Waals surface area contributed by atoms with Gasteiger partial charge in [0.15, 0.2) is 0 Å². The number of nitrogens with zero attached hydrogens (tertiary/aromatic N) is 1. The predicted octanol–water partition coefficient (Wildman–Crippen LogP) is 1.71. The van der Waals surface area contributed by atoms with Crippen LogP contribution in [0.15, 0.2) is 54.6 Å². The van der Waals surface area contributed by atoms with E-state index in [1.54, 1.807) is 23.1 Å². The molecule has 0 saturated carbocycles. The minimum absolute atomic E-state index is 0.0472. The van der Waals surface area contributed by atoms with Crippen molar-refractivity contribution in [3.05, 3.63) is 60.2 Å². The number of primary amides is 1. The van der Waals surface area contributed by atoms with Gasteiger partial charge in [0.25, 0.3) is 5.91 Å². The average Bonchev–Trinajstić information content (AvgIpc) is 2.96. The summed E-state index contributed by atoms with van der Waals surface area (Å²) in [4.78, 5) is 37.4. The molecule has 7 nitrogen and oxygen atoms in total. The Labute approximate surface area is 144 Å². The topological polar surface area (TPSA) is 105 Å². The predicted molar refractivity (Wildman–Crippen MR) is 94.3 cm³/mol. The first-order valence-electron chi connectivity index (χ1n) is 7.86. The van der Waals surface area contributed by atoms with Crippen molar-refractivity contribution in [2.75, 3.05) is 16.8 Å². The fourth-order valence-electron chi connectivity index (χ4n) is 2.81. The van der Waals surface area contributed by atoms with E-state index in [0.717, 1.165) is 5.69 Å². The molecule has 4 amide bonds. The van der Waals surface area contributed by atoms with E-state index in [1.807, 2.05) is 30.3 Å². The lowest BCUT2D eigenvalue weighted by Gasteiger charge is -2.17. The van der Waals surface area contributed by atoms with Gasteiger partial charge in [0, 0.05) is 18.7 Å². The summed E-state index contributed by atoms with van der Waals surface area (Å²) in [6.45, 7) is 0.397. The molecule has 1 unspecified atom stereocenters.